The van der Waals surface area contributed by atoms with E-state index in [1.54, 1.807) is 0 Å². The first-order valence-electron chi connectivity index (χ1n) is 5.97. The molecule has 1 aliphatic heterocycles. The molecule has 3 heterocycles. The Morgan fingerprint density at radius 2 is 2.10 bits per heavy atom. The van der Waals surface area contributed by atoms with E-state index in [9.17, 15) is 19.8 Å². The summed E-state index contributed by atoms with van der Waals surface area (Å²) in [6, 6.07) is 0. The van der Waals surface area contributed by atoms with Gasteiger partial charge >= 0.3 is 4.87 Å². The van der Waals surface area contributed by atoms with Crippen molar-refractivity contribution in [3.8, 4) is 0 Å². The SMILES string of the molecule is Nc1nc(=O)c2sc(=O)n([C@@H]3OC(CO)[C@@H](O)[C@H]3O)c2[nH]1. The van der Waals surface area contributed by atoms with Crippen LogP contribution in [-0.4, -0.2) is 54.8 Å². The van der Waals surface area contributed by atoms with Crippen molar-refractivity contribution in [3.63, 3.8) is 0 Å². The maximum Gasteiger partial charge on any atom is 0.311 e. The summed E-state index contributed by atoms with van der Waals surface area (Å²) in [6.45, 7) is -0.522. The molecule has 1 saturated heterocycles. The highest BCUT2D eigenvalue weighted by Gasteiger charge is 2.44. The molecule has 11 heteroatoms. The molecule has 2 aromatic heterocycles. The van der Waals surface area contributed by atoms with Crippen LogP contribution >= 0.6 is 11.3 Å². The summed E-state index contributed by atoms with van der Waals surface area (Å²) >= 11 is 0.623. The van der Waals surface area contributed by atoms with Gasteiger partial charge in [-0.2, -0.15) is 4.98 Å². The molecule has 0 aromatic carbocycles. The number of nitrogens with two attached hydrogens (primary N) is 1. The average Bonchev–Trinajstić information content (AvgIpc) is 2.89. The van der Waals surface area contributed by atoms with Crippen molar-refractivity contribution in [1.82, 2.24) is 14.5 Å². The standard InChI is InChI=1S/C10H12N4O6S/c11-9-12-6-5(7(18)13-9)21-10(19)14(6)8-4(17)3(16)2(1-15)20-8/h2-4,8,15-17H,1H2,(H3,11,12,13,18)/t2?,3-,4-,8-/m1/s1. The fourth-order valence-corrected chi connectivity index (χ4v) is 3.13. The highest BCUT2D eigenvalue weighted by Crippen LogP contribution is 2.30. The molecule has 0 aliphatic carbocycles. The highest BCUT2D eigenvalue weighted by atomic mass is 32.1. The monoisotopic (exact) mass is 316 g/mol. The molecule has 1 unspecified atom stereocenters. The Morgan fingerprint density at radius 3 is 2.71 bits per heavy atom. The first kappa shape index (κ1) is 14.2. The van der Waals surface area contributed by atoms with Gasteiger partial charge in [0.2, 0.25) is 5.95 Å². The topological polar surface area (TPSA) is 164 Å². The zero-order valence-electron chi connectivity index (χ0n) is 10.5. The van der Waals surface area contributed by atoms with Crippen LogP contribution in [0.25, 0.3) is 10.3 Å². The molecule has 0 saturated carbocycles. The van der Waals surface area contributed by atoms with Crippen molar-refractivity contribution in [2.24, 2.45) is 0 Å². The number of nitrogen functional groups attached to an aromatic ring is 1. The Morgan fingerprint density at radius 1 is 1.38 bits per heavy atom. The van der Waals surface area contributed by atoms with E-state index < -0.39 is 41.6 Å². The Labute approximate surface area is 120 Å². The third kappa shape index (κ3) is 2.06. The molecule has 6 N–H and O–H groups in total. The van der Waals surface area contributed by atoms with E-state index in [4.69, 9.17) is 15.6 Å². The predicted molar refractivity (Wildman–Crippen MR) is 71.9 cm³/mol. The summed E-state index contributed by atoms with van der Waals surface area (Å²) in [4.78, 5) is 29.2. The summed E-state index contributed by atoms with van der Waals surface area (Å²) in [7, 11) is 0. The first-order chi connectivity index (χ1) is 9.93. The fraction of sp³-hybridized carbons (Fsp3) is 0.500. The van der Waals surface area contributed by atoms with Crippen molar-refractivity contribution < 1.29 is 20.1 Å². The van der Waals surface area contributed by atoms with Gasteiger partial charge in [0.15, 0.2) is 6.23 Å². The molecule has 21 heavy (non-hydrogen) atoms. The summed E-state index contributed by atoms with van der Waals surface area (Å²) in [6.07, 6.45) is -5.06. The molecule has 1 aliphatic rings. The lowest BCUT2D eigenvalue weighted by atomic mass is 10.1. The number of rotatable bonds is 2. The average molecular weight is 316 g/mol. The number of aromatic nitrogens is 3. The number of nitrogens with one attached hydrogen (secondary N) is 1. The van der Waals surface area contributed by atoms with Crippen LogP contribution in [0.5, 0.6) is 0 Å². The number of ether oxygens (including phenoxy) is 1. The lowest BCUT2D eigenvalue weighted by molar-refractivity contribution is -0.0518. The fourth-order valence-electron chi connectivity index (χ4n) is 2.28. The quantitative estimate of drug-likeness (QED) is 0.400. The largest absolute Gasteiger partial charge is 0.394 e. The van der Waals surface area contributed by atoms with Gasteiger partial charge in [0.05, 0.1) is 6.61 Å². The van der Waals surface area contributed by atoms with Crippen LogP contribution in [0, 0.1) is 0 Å². The zero-order valence-corrected chi connectivity index (χ0v) is 11.3. The Kier molecular flexibility index (Phi) is 3.30. The second-order valence-electron chi connectivity index (χ2n) is 4.57. The van der Waals surface area contributed by atoms with Crippen LogP contribution in [0.3, 0.4) is 0 Å². The van der Waals surface area contributed by atoms with Crippen LogP contribution in [0.2, 0.25) is 0 Å². The van der Waals surface area contributed by atoms with E-state index in [0.717, 1.165) is 4.57 Å². The third-order valence-electron chi connectivity index (χ3n) is 3.28. The number of aliphatic hydroxyl groups is 3. The van der Waals surface area contributed by atoms with E-state index in [-0.39, 0.29) is 16.3 Å². The van der Waals surface area contributed by atoms with Crippen LogP contribution in [0.1, 0.15) is 6.23 Å². The Bertz CT molecular complexity index is 797. The molecule has 0 spiro atoms. The number of H-pyrrole nitrogens is 1. The summed E-state index contributed by atoms with van der Waals surface area (Å²) in [5.41, 5.74) is 4.83. The van der Waals surface area contributed by atoms with Crippen molar-refractivity contribution in [3.05, 3.63) is 20.0 Å². The van der Waals surface area contributed by atoms with E-state index >= 15 is 0 Å². The van der Waals surface area contributed by atoms with Crippen molar-refractivity contribution in [2.45, 2.75) is 24.5 Å². The molecule has 0 radical (unpaired) electrons. The van der Waals surface area contributed by atoms with Crippen molar-refractivity contribution >= 4 is 27.6 Å². The second kappa shape index (κ2) is 4.89. The van der Waals surface area contributed by atoms with Gasteiger partial charge in [-0.05, 0) is 0 Å². The smallest absolute Gasteiger partial charge is 0.311 e. The van der Waals surface area contributed by atoms with Gasteiger partial charge in [0.1, 0.15) is 28.7 Å². The van der Waals surface area contributed by atoms with E-state index in [2.05, 4.69) is 9.97 Å². The van der Waals surface area contributed by atoms with Gasteiger partial charge in [0.25, 0.3) is 5.56 Å². The minimum atomic E-state index is -1.43. The third-order valence-corrected chi connectivity index (χ3v) is 4.22. The summed E-state index contributed by atoms with van der Waals surface area (Å²) in [5, 5.41) is 28.8. The number of nitrogens with zero attached hydrogens (tertiary/aromatic N) is 2. The Hall–Kier alpha value is -1.79. The maximum absolute atomic E-state index is 12.1. The zero-order chi connectivity index (χ0) is 15.3. The predicted octanol–water partition coefficient (Wildman–Crippen LogP) is -2.66. The van der Waals surface area contributed by atoms with Crippen LogP contribution in [-0.2, 0) is 4.74 Å². The normalized spacial score (nSPS) is 29.3. The van der Waals surface area contributed by atoms with E-state index in [0.29, 0.717) is 11.3 Å². The molecular weight excluding hydrogens is 304 g/mol. The van der Waals surface area contributed by atoms with Crippen molar-refractivity contribution in [2.75, 3.05) is 12.3 Å². The number of fused-ring (bicyclic) bond motifs is 1. The molecule has 1 fully saturated rings. The Balaban J connectivity index is 2.20. The number of aliphatic hydroxyl groups excluding tert-OH is 3. The van der Waals surface area contributed by atoms with Crippen LogP contribution < -0.4 is 16.2 Å². The molecular formula is C10H12N4O6S. The molecule has 2 aromatic rings. The van der Waals surface area contributed by atoms with Gasteiger partial charge in [-0.3, -0.25) is 14.2 Å². The molecule has 4 atom stereocenters. The second-order valence-corrected chi connectivity index (χ2v) is 5.53. The van der Waals surface area contributed by atoms with E-state index in [1.807, 2.05) is 0 Å². The molecule has 10 nitrogen and oxygen atoms in total. The highest BCUT2D eigenvalue weighted by molar-refractivity contribution is 7.16. The lowest BCUT2D eigenvalue weighted by Gasteiger charge is -2.16. The number of anilines is 1. The van der Waals surface area contributed by atoms with E-state index in [1.165, 1.54) is 0 Å². The minimum absolute atomic E-state index is 0.0342. The maximum atomic E-state index is 12.1. The van der Waals surface area contributed by atoms with Gasteiger partial charge in [-0.15, -0.1) is 0 Å². The number of hydrogen-bond acceptors (Lipinski definition) is 9. The van der Waals surface area contributed by atoms with Crippen LogP contribution in [0.15, 0.2) is 9.59 Å². The van der Waals surface area contributed by atoms with Gasteiger partial charge in [0, 0.05) is 0 Å². The van der Waals surface area contributed by atoms with Crippen LogP contribution in [0.4, 0.5) is 5.95 Å². The summed E-state index contributed by atoms with van der Waals surface area (Å²) < 4.78 is 6.31. The lowest BCUT2D eigenvalue weighted by Crippen LogP contribution is -2.34. The summed E-state index contributed by atoms with van der Waals surface area (Å²) in [5.74, 6) is -0.189. The number of hydrogen-bond donors (Lipinski definition) is 5. The van der Waals surface area contributed by atoms with Gasteiger partial charge in [-0.1, -0.05) is 11.3 Å². The molecule has 114 valence electrons. The van der Waals surface area contributed by atoms with Gasteiger partial charge in [-0.25, -0.2) is 0 Å². The van der Waals surface area contributed by atoms with Crippen molar-refractivity contribution in [1.29, 1.82) is 0 Å². The molecule has 0 bridgehead atoms. The molecule has 0 amide bonds. The number of aromatic amines is 1. The van der Waals surface area contributed by atoms with Gasteiger partial charge < -0.3 is 30.8 Å². The molecule has 3 rings (SSSR count). The number of thiazole rings is 1. The minimum Gasteiger partial charge on any atom is -0.394 e. The first-order valence-corrected chi connectivity index (χ1v) is 6.79.